The summed E-state index contributed by atoms with van der Waals surface area (Å²) in [7, 11) is 7.07. The number of thiocarbonyl (C=S) groups is 1. The van der Waals surface area contributed by atoms with Crippen LogP contribution in [0.3, 0.4) is 0 Å². The summed E-state index contributed by atoms with van der Waals surface area (Å²) in [6, 6.07) is 5.66. The summed E-state index contributed by atoms with van der Waals surface area (Å²) in [6.45, 7) is 0. The van der Waals surface area contributed by atoms with Gasteiger partial charge in [0.25, 0.3) is 11.1 Å². The maximum Gasteiger partial charge on any atom is 0.296 e. The first kappa shape index (κ1) is 14.3. The van der Waals surface area contributed by atoms with Gasteiger partial charge in [-0.3, -0.25) is 9.69 Å². The first-order valence-corrected chi connectivity index (χ1v) is 6.41. The Hall–Kier alpha value is -2.08. The Morgan fingerprint density at radius 1 is 1.40 bits per heavy atom. The van der Waals surface area contributed by atoms with Crippen LogP contribution < -0.4 is 9.64 Å². The third kappa shape index (κ3) is 2.60. The third-order valence-corrected chi connectivity index (χ3v) is 3.33. The highest BCUT2D eigenvalue weighted by Crippen LogP contribution is 2.29. The van der Waals surface area contributed by atoms with Gasteiger partial charge in [-0.15, -0.1) is 0 Å². The van der Waals surface area contributed by atoms with E-state index in [1.807, 2.05) is 37.2 Å². The zero-order chi connectivity index (χ0) is 14.9. The van der Waals surface area contributed by atoms with Crippen molar-refractivity contribution in [3.63, 3.8) is 0 Å². The fraction of sp³-hybridized carbons (Fsp3) is 0.286. The maximum atomic E-state index is 11.9. The lowest BCUT2D eigenvalue weighted by molar-refractivity contribution is -0.122. The number of rotatable bonds is 3. The van der Waals surface area contributed by atoms with Crippen LogP contribution in [0.1, 0.15) is 5.56 Å². The average Bonchev–Trinajstić information content (AvgIpc) is 2.66. The molecule has 0 radical (unpaired) electrons. The van der Waals surface area contributed by atoms with E-state index in [-0.39, 0.29) is 16.8 Å². The summed E-state index contributed by atoms with van der Waals surface area (Å²) in [5, 5.41) is 0.165. The molecule has 6 heteroatoms. The van der Waals surface area contributed by atoms with Crippen molar-refractivity contribution in [3.05, 3.63) is 29.5 Å². The molecule has 2 rings (SSSR count). The summed E-state index contributed by atoms with van der Waals surface area (Å²) in [5.41, 5.74) is 1.77. The highest BCUT2D eigenvalue weighted by Gasteiger charge is 2.30. The minimum atomic E-state index is -0.245. The van der Waals surface area contributed by atoms with Gasteiger partial charge in [0.05, 0.1) is 12.8 Å². The molecular formula is C14H16N2O3S. The van der Waals surface area contributed by atoms with E-state index in [2.05, 4.69) is 0 Å². The minimum Gasteiger partial charge on any atom is -0.495 e. The molecule has 1 aromatic carbocycles. The number of benzene rings is 1. The summed E-state index contributed by atoms with van der Waals surface area (Å²) in [6.07, 6.45) is 1.65. The minimum absolute atomic E-state index is 0.165. The predicted molar refractivity (Wildman–Crippen MR) is 81.8 cm³/mol. The van der Waals surface area contributed by atoms with Gasteiger partial charge in [-0.2, -0.15) is 0 Å². The van der Waals surface area contributed by atoms with E-state index in [1.54, 1.807) is 20.2 Å². The van der Waals surface area contributed by atoms with Gasteiger partial charge >= 0.3 is 0 Å². The summed E-state index contributed by atoms with van der Waals surface area (Å²) < 4.78 is 10.6. The average molecular weight is 292 g/mol. The molecule has 0 bridgehead atoms. The molecule has 0 N–H and O–H groups in total. The number of ether oxygens (including phenoxy) is 2. The Balaban J connectivity index is 2.36. The number of carbonyl (C=O) groups excluding carboxylic acids is 1. The molecule has 0 saturated carbocycles. The van der Waals surface area contributed by atoms with Crippen LogP contribution in [-0.2, 0) is 9.53 Å². The Morgan fingerprint density at radius 3 is 2.60 bits per heavy atom. The van der Waals surface area contributed by atoms with Crippen molar-refractivity contribution in [1.82, 2.24) is 4.90 Å². The molecule has 0 aliphatic carbocycles. The van der Waals surface area contributed by atoms with E-state index < -0.39 is 0 Å². The molecule has 106 valence electrons. The normalized spacial score (nSPS) is 16.6. The second-order valence-electron chi connectivity index (χ2n) is 4.57. The van der Waals surface area contributed by atoms with Crippen molar-refractivity contribution in [1.29, 1.82) is 0 Å². The second-order valence-corrected chi connectivity index (χ2v) is 4.92. The van der Waals surface area contributed by atoms with E-state index in [9.17, 15) is 4.79 Å². The largest absolute Gasteiger partial charge is 0.495 e. The number of methoxy groups -OCH3 is 1. The number of nitrogens with zero attached hydrogens (tertiary/aromatic N) is 2. The molecule has 1 aliphatic rings. The van der Waals surface area contributed by atoms with Crippen LogP contribution in [0.15, 0.2) is 24.0 Å². The highest BCUT2D eigenvalue weighted by atomic mass is 32.1. The van der Waals surface area contributed by atoms with Crippen LogP contribution in [0.4, 0.5) is 5.69 Å². The zero-order valence-electron chi connectivity index (χ0n) is 11.8. The van der Waals surface area contributed by atoms with E-state index in [0.717, 1.165) is 17.0 Å². The standard InChI is InChI=1S/C14H16N2O3S/c1-15(2)10-6-5-9(7-11(10)18-4)8-12-13(17)16(3)14(20)19-12/h5-8H,1-4H3/b12-8+. The fourth-order valence-corrected chi connectivity index (χ4v) is 2.02. The first-order valence-electron chi connectivity index (χ1n) is 6.01. The molecule has 1 heterocycles. The van der Waals surface area contributed by atoms with Gasteiger partial charge in [0.2, 0.25) is 0 Å². The second kappa shape index (κ2) is 5.50. The lowest BCUT2D eigenvalue weighted by Gasteiger charge is -2.16. The van der Waals surface area contributed by atoms with Gasteiger partial charge in [-0.1, -0.05) is 6.07 Å². The van der Waals surface area contributed by atoms with Crippen LogP contribution in [0.25, 0.3) is 6.08 Å². The predicted octanol–water partition coefficient (Wildman–Crippen LogP) is 1.88. The quantitative estimate of drug-likeness (QED) is 0.628. The number of likely N-dealkylation sites (N-methyl/N-ethyl adjacent to an activating group) is 1. The summed E-state index contributed by atoms with van der Waals surface area (Å²) in [5.74, 6) is 0.702. The van der Waals surface area contributed by atoms with Gasteiger partial charge in [-0.05, 0) is 36.0 Å². The van der Waals surface area contributed by atoms with Gasteiger partial charge in [0.1, 0.15) is 5.75 Å². The molecular weight excluding hydrogens is 276 g/mol. The summed E-state index contributed by atoms with van der Waals surface area (Å²) in [4.78, 5) is 15.1. The van der Waals surface area contributed by atoms with Crippen molar-refractivity contribution in [2.75, 3.05) is 33.2 Å². The van der Waals surface area contributed by atoms with E-state index in [0.29, 0.717) is 0 Å². The Kier molecular flexibility index (Phi) is 3.94. The zero-order valence-corrected chi connectivity index (χ0v) is 12.7. The van der Waals surface area contributed by atoms with Crippen molar-refractivity contribution < 1.29 is 14.3 Å². The smallest absolute Gasteiger partial charge is 0.296 e. The number of amides is 1. The molecule has 1 fully saturated rings. The van der Waals surface area contributed by atoms with E-state index in [4.69, 9.17) is 21.7 Å². The van der Waals surface area contributed by atoms with Gasteiger partial charge in [0, 0.05) is 21.1 Å². The first-order chi connectivity index (χ1) is 9.43. The number of hydrogen-bond donors (Lipinski definition) is 0. The lowest BCUT2D eigenvalue weighted by atomic mass is 10.1. The van der Waals surface area contributed by atoms with E-state index in [1.165, 1.54) is 4.90 Å². The Bertz CT molecular complexity index is 596. The monoisotopic (exact) mass is 292 g/mol. The Labute approximate surface area is 123 Å². The molecule has 0 aromatic heterocycles. The number of hydrogen-bond acceptors (Lipinski definition) is 5. The number of anilines is 1. The van der Waals surface area contributed by atoms with Crippen LogP contribution in [0.2, 0.25) is 0 Å². The number of carbonyl (C=O) groups is 1. The van der Waals surface area contributed by atoms with Crippen LogP contribution in [0, 0.1) is 0 Å². The third-order valence-electron chi connectivity index (χ3n) is 2.97. The highest BCUT2D eigenvalue weighted by molar-refractivity contribution is 7.80. The van der Waals surface area contributed by atoms with Crippen molar-refractivity contribution in [2.24, 2.45) is 0 Å². The molecule has 1 amide bonds. The molecule has 1 saturated heterocycles. The molecule has 0 spiro atoms. The summed E-state index contributed by atoms with van der Waals surface area (Å²) >= 11 is 4.93. The van der Waals surface area contributed by atoms with Crippen molar-refractivity contribution >= 4 is 35.1 Å². The Morgan fingerprint density at radius 2 is 2.10 bits per heavy atom. The fourth-order valence-electron chi connectivity index (χ4n) is 1.85. The van der Waals surface area contributed by atoms with Crippen molar-refractivity contribution in [2.45, 2.75) is 0 Å². The molecule has 1 aliphatic heterocycles. The van der Waals surface area contributed by atoms with Gasteiger partial charge in [0.15, 0.2) is 5.76 Å². The maximum absolute atomic E-state index is 11.9. The topological polar surface area (TPSA) is 42.0 Å². The molecule has 20 heavy (non-hydrogen) atoms. The molecule has 5 nitrogen and oxygen atoms in total. The molecule has 0 unspecified atom stereocenters. The van der Waals surface area contributed by atoms with Crippen LogP contribution >= 0.6 is 12.2 Å². The molecule has 1 aromatic rings. The van der Waals surface area contributed by atoms with Gasteiger partial charge in [-0.25, -0.2) is 0 Å². The van der Waals surface area contributed by atoms with Crippen LogP contribution in [-0.4, -0.2) is 44.2 Å². The lowest BCUT2D eigenvalue weighted by Crippen LogP contribution is -2.22. The van der Waals surface area contributed by atoms with Crippen molar-refractivity contribution in [3.8, 4) is 5.75 Å². The SMILES string of the molecule is COc1cc(/C=C2/OC(=S)N(C)C2=O)ccc1N(C)C. The molecule has 0 atom stereocenters. The van der Waals surface area contributed by atoms with E-state index >= 15 is 0 Å². The van der Waals surface area contributed by atoms with Gasteiger partial charge < -0.3 is 14.4 Å². The van der Waals surface area contributed by atoms with Crippen LogP contribution in [0.5, 0.6) is 5.75 Å².